The van der Waals surface area contributed by atoms with Gasteiger partial charge in [0.2, 0.25) is 0 Å². The number of nitrogens with zero attached hydrogens (tertiary/aromatic N) is 1. The number of aliphatic carboxylic acids is 1. The van der Waals surface area contributed by atoms with Crippen LogP contribution in [0, 0.1) is 5.41 Å². The van der Waals surface area contributed by atoms with Crippen LogP contribution in [0.1, 0.15) is 26.3 Å². The number of nitrogens with one attached hydrogen (secondary N) is 3. The Labute approximate surface area is 105 Å². The molecule has 1 rings (SSSR count). The van der Waals surface area contributed by atoms with Crippen molar-refractivity contribution in [3.63, 3.8) is 0 Å². The summed E-state index contributed by atoms with van der Waals surface area (Å²) in [4.78, 5) is 22.6. The van der Waals surface area contributed by atoms with Crippen LogP contribution in [0.2, 0.25) is 0 Å². The molecule has 4 N–H and O–H groups in total. The van der Waals surface area contributed by atoms with E-state index < -0.39 is 23.5 Å². The highest BCUT2D eigenvalue weighted by Crippen LogP contribution is 2.19. The second-order valence-corrected chi connectivity index (χ2v) is 5.07. The third-order valence-corrected chi connectivity index (χ3v) is 2.40. The van der Waals surface area contributed by atoms with Crippen molar-refractivity contribution in [1.29, 1.82) is 0 Å². The molecule has 0 aliphatic carbocycles. The fraction of sp³-hybridized carbons (Fsp3) is 0.545. The zero-order chi connectivity index (χ0) is 13.8. The van der Waals surface area contributed by atoms with Gasteiger partial charge in [-0.3, -0.25) is 5.10 Å². The maximum Gasteiger partial charge on any atom is 0.326 e. The third kappa shape index (κ3) is 4.08. The number of rotatable bonds is 4. The maximum atomic E-state index is 11.6. The Hall–Kier alpha value is -2.05. The van der Waals surface area contributed by atoms with Crippen LogP contribution < -0.4 is 10.6 Å². The number of carbonyl (C=O) groups is 2. The van der Waals surface area contributed by atoms with Crippen molar-refractivity contribution in [2.45, 2.75) is 33.4 Å². The van der Waals surface area contributed by atoms with Gasteiger partial charge in [-0.15, -0.1) is 0 Å². The monoisotopic (exact) mass is 254 g/mol. The van der Waals surface area contributed by atoms with Gasteiger partial charge >= 0.3 is 12.0 Å². The minimum absolute atomic E-state index is 0.290. The Balaban J connectivity index is 2.49. The van der Waals surface area contributed by atoms with Crippen LogP contribution in [0.4, 0.5) is 4.79 Å². The number of urea groups is 1. The molecular formula is C11H18N4O3. The summed E-state index contributed by atoms with van der Waals surface area (Å²) in [5.41, 5.74) is 0.256. The first kappa shape index (κ1) is 14.0. The molecule has 2 amide bonds. The van der Waals surface area contributed by atoms with E-state index in [0.717, 1.165) is 5.56 Å². The topological polar surface area (TPSA) is 107 Å². The fourth-order valence-electron chi connectivity index (χ4n) is 1.39. The molecule has 1 atom stereocenters. The van der Waals surface area contributed by atoms with Gasteiger partial charge in [0.15, 0.2) is 0 Å². The number of H-pyrrole nitrogens is 1. The Kier molecular flexibility index (Phi) is 4.30. The minimum atomic E-state index is -1.05. The van der Waals surface area contributed by atoms with Gasteiger partial charge in [0.25, 0.3) is 0 Å². The van der Waals surface area contributed by atoms with Gasteiger partial charge in [0.1, 0.15) is 6.04 Å². The van der Waals surface area contributed by atoms with Gasteiger partial charge in [0, 0.05) is 18.3 Å². The average molecular weight is 254 g/mol. The van der Waals surface area contributed by atoms with Crippen LogP contribution >= 0.6 is 0 Å². The molecule has 1 aromatic heterocycles. The van der Waals surface area contributed by atoms with Crippen LogP contribution in [0.5, 0.6) is 0 Å². The molecule has 0 spiro atoms. The third-order valence-electron chi connectivity index (χ3n) is 2.40. The van der Waals surface area contributed by atoms with Gasteiger partial charge in [-0.1, -0.05) is 20.8 Å². The van der Waals surface area contributed by atoms with Crippen molar-refractivity contribution in [2.24, 2.45) is 5.41 Å². The summed E-state index contributed by atoms with van der Waals surface area (Å²) in [6, 6.07) is -1.46. The summed E-state index contributed by atoms with van der Waals surface area (Å²) in [7, 11) is 0. The van der Waals surface area contributed by atoms with Gasteiger partial charge < -0.3 is 15.7 Å². The van der Waals surface area contributed by atoms with Crippen molar-refractivity contribution in [2.75, 3.05) is 0 Å². The smallest absolute Gasteiger partial charge is 0.326 e. The van der Waals surface area contributed by atoms with E-state index in [9.17, 15) is 9.59 Å². The van der Waals surface area contributed by atoms with Crippen molar-refractivity contribution in [3.8, 4) is 0 Å². The molecule has 0 aliphatic rings. The average Bonchev–Trinajstić information content (AvgIpc) is 2.73. The van der Waals surface area contributed by atoms with Gasteiger partial charge in [0.05, 0.1) is 6.20 Å². The lowest BCUT2D eigenvalue weighted by atomic mass is 9.87. The molecule has 7 nitrogen and oxygen atoms in total. The number of carboxylic acids is 1. The van der Waals surface area contributed by atoms with E-state index in [-0.39, 0.29) is 0 Å². The Morgan fingerprint density at radius 3 is 2.61 bits per heavy atom. The number of amides is 2. The van der Waals surface area contributed by atoms with Crippen LogP contribution in [-0.2, 0) is 11.3 Å². The lowest BCUT2D eigenvalue weighted by Gasteiger charge is -2.27. The molecule has 1 aromatic rings. The predicted octanol–water partition coefficient (Wildman–Crippen LogP) is 0.708. The minimum Gasteiger partial charge on any atom is -0.480 e. The zero-order valence-corrected chi connectivity index (χ0v) is 10.7. The number of hydrogen-bond donors (Lipinski definition) is 4. The highest BCUT2D eigenvalue weighted by Gasteiger charge is 2.32. The first-order chi connectivity index (χ1) is 8.30. The molecule has 0 aromatic carbocycles. The Morgan fingerprint density at radius 2 is 2.17 bits per heavy atom. The molecule has 0 fully saturated rings. The largest absolute Gasteiger partial charge is 0.480 e. The Morgan fingerprint density at radius 1 is 1.50 bits per heavy atom. The van der Waals surface area contributed by atoms with Crippen LogP contribution in [0.25, 0.3) is 0 Å². The molecular weight excluding hydrogens is 236 g/mol. The number of aromatic nitrogens is 2. The zero-order valence-electron chi connectivity index (χ0n) is 10.7. The van der Waals surface area contributed by atoms with Gasteiger partial charge in [-0.25, -0.2) is 9.59 Å². The van der Waals surface area contributed by atoms with Crippen LogP contribution in [0.15, 0.2) is 12.4 Å². The van der Waals surface area contributed by atoms with Crippen molar-refractivity contribution in [3.05, 3.63) is 18.0 Å². The molecule has 1 heterocycles. The number of carboxylic acid groups (broad SMARTS) is 1. The summed E-state index contributed by atoms with van der Waals surface area (Å²) >= 11 is 0. The first-order valence-corrected chi connectivity index (χ1v) is 5.55. The summed E-state index contributed by atoms with van der Waals surface area (Å²) in [5.74, 6) is -1.05. The van der Waals surface area contributed by atoms with E-state index >= 15 is 0 Å². The van der Waals surface area contributed by atoms with E-state index in [0.29, 0.717) is 6.54 Å². The number of hydrogen-bond acceptors (Lipinski definition) is 3. The molecule has 0 radical (unpaired) electrons. The number of carbonyl (C=O) groups excluding carboxylic acids is 1. The van der Waals surface area contributed by atoms with E-state index in [4.69, 9.17) is 5.11 Å². The predicted molar refractivity (Wildman–Crippen MR) is 64.8 cm³/mol. The second kappa shape index (κ2) is 5.52. The quantitative estimate of drug-likeness (QED) is 0.634. The van der Waals surface area contributed by atoms with E-state index in [1.54, 1.807) is 33.2 Å². The summed E-state index contributed by atoms with van der Waals surface area (Å²) < 4.78 is 0. The second-order valence-electron chi connectivity index (χ2n) is 5.07. The lowest BCUT2D eigenvalue weighted by Crippen LogP contribution is -2.52. The van der Waals surface area contributed by atoms with Crippen molar-refractivity contribution in [1.82, 2.24) is 20.8 Å². The summed E-state index contributed by atoms with van der Waals surface area (Å²) in [6.45, 7) is 5.55. The highest BCUT2D eigenvalue weighted by atomic mass is 16.4. The molecule has 18 heavy (non-hydrogen) atoms. The molecule has 7 heteroatoms. The summed E-state index contributed by atoms with van der Waals surface area (Å²) in [5, 5.41) is 20.4. The van der Waals surface area contributed by atoms with Gasteiger partial charge in [-0.05, 0) is 5.41 Å². The van der Waals surface area contributed by atoms with E-state index in [1.807, 2.05) is 0 Å². The fourth-order valence-corrected chi connectivity index (χ4v) is 1.39. The standard InChI is InChI=1S/C11H18N4O3/c1-11(2,3)8(9(16)17)15-10(18)12-4-7-5-13-14-6-7/h5-6,8H,4H2,1-3H3,(H,13,14)(H,16,17)(H2,12,15,18). The van der Waals surface area contributed by atoms with E-state index in [1.165, 1.54) is 0 Å². The first-order valence-electron chi connectivity index (χ1n) is 5.55. The van der Waals surface area contributed by atoms with Crippen LogP contribution in [0.3, 0.4) is 0 Å². The number of aromatic amines is 1. The van der Waals surface area contributed by atoms with Gasteiger partial charge in [-0.2, -0.15) is 5.10 Å². The highest BCUT2D eigenvalue weighted by molar-refractivity contribution is 5.83. The maximum absolute atomic E-state index is 11.6. The normalized spacial score (nSPS) is 12.8. The lowest BCUT2D eigenvalue weighted by molar-refractivity contribution is -0.141. The molecule has 0 bridgehead atoms. The molecule has 100 valence electrons. The molecule has 0 aliphatic heterocycles. The van der Waals surface area contributed by atoms with Crippen LogP contribution in [-0.4, -0.2) is 33.3 Å². The SMILES string of the molecule is CC(C)(C)C(NC(=O)NCc1cn[nH]c1)C(=O)O. The summed E-state index contributed by atoms with van der Waals surface area (Å²) in [6.07, 6.45) is 3.23. The molecule has 0 saturated heterocycles. The Bertz CT molecular complexity index is 408. The van der Waals surface area contributed by atoms with Crippen molar-refractivity contribution >= 4 is 12.0 Å². The van der Waals surface area contributed by atoms with Crippen molar-refractivity contribution < 1.29 is 14.7 Å². The van der Waals surface area contributed by atoms with E-state index in [2.05, 4.69) is 20.8 Å². The molecule has 1 unspecified atom stereocenters. The molecule has 0 saturated carbocycles.